The molecule has 0 aromatic heterocycles. The van der Waals surface area contributed by atoms with E-state index in [1.165, 1.54) is 16.3 Å². The monoisotopic (exact) mass is 259 g/mol. The highest BCUT2D eigenvalue weighted by Crippen LogP contribution is 2.20. The van der Waals surface area contributed by atoms with Crippen LogP contribution in [0.25, 0.3) is 10.8 Å². The molecule has 0 atom stereocenters. The van der Waals surface area contributed by atoms with Crippen molar-refractivity contribution in [2.24, 2.45) is 0 Å². The van der Waals surface area contributed by atoms with Crippen molar-refractivity contribution in [2.45, 2.75) is 12.2 Å². The average Bonchev–Trinajstić information content (AvgIpc) is 2.36. The first-order valence-corrected chi connectivity index (χ1v) is 6.87. The highest BCUT2D eigenvalue weighted by atomic mass is 32.2. The van der Waals surface area contributed by atoms with Crippen LogP contribution in [-0.2, 0) is 5.75 Å². The molecule has 0 spiro atoms. The van der Waals surface area contributed by atoms with E-state index in [0.717, 1.165) is 5.75 Å². The minimum Gasteiger partial charge on any atom is -0.298 e. The van der Waals surface area contributed by atoms with Gasteiger partial charge < -0.3 is 0 Å². The molecule has 0 aliphatic heterocycles. The predicted molar refractivity (Wildman–Crippen MR) is 81.2 cm³/mol. The van der Waals surface area contributed by atoms with Gasteiger partial charge in [-0.3, -0.25) is 5.41 Å². The molecule has 0 unspecified atom stereocenters. The number of benzene rings is 2. The average molecular weight is 259 g/mol. The van der Waals surface area contributed by atoms with Crippen molar-refractivity contribution in [1.82, 2.24) is 0 Å². The number of hydrogen-bond acceptors (Lipinski definition) is 3. The fraction of sp³-hybridized carbons (Fsp3) is 0.143. The summed E-state index contributed by atoms with van der Waals surface area (Å²) in [7, 11) is 0. The van der Waals surface area contributed by atoms with Gasteiger partial charge in [0.25, 0.3) is 0 Å². The van der Waals surface area contributed by atoms with Gasteiger partial charge in [-0.25, -0.2) is 0 Å². The van der Waals surface area contributed by atoms with E-state index in [1.807, 2.05) is 12.1 Å². The molecule has 0 bridgehead atoms. The topological polar surface area (TPSA) is 23.9 Å². The molecule has 0 fully saturated rings. The van der Waals surface area contributed by atoms with E-state index in [4.69, 9.17) is 17.6 Å². The number of hydrogen-bond donors (Lipinski definition) is 1. The summed E-state index contributed by atoms with van der Waals surface area (Å²) >= 11 is 6.29. The normalized spacial score (nSPS) is 10.4. The van der Waals surface area contributed by atoms with Gasteiger partial charge in [-0.1, -0.05) is 54.7 Å². The molecular weight excluding hydrogens is 246 g/mol. The van der Waals surface area contributed by atoms with E-state index in [0.29, 0.717) is 11.5 Å². The van der Waals surface area contributed by atoms with E-state index in [9.17, 15) is 0 Å². The Kier molecular flexibility index (Phi) is 4.29. The minimum atomic E-state index is 0.591. The predicted octanol–water partition coefficient (Wildman–Crippen LogP) is 4.44. The lowest BCUT2D eigenvalue weighted by atomic mass is 10.1. The molecular formula is C14H13NS2. The first-order chi connectivity index (χ1) is 8.29. The SMILES string of the molecule is N=C(CC=S)SCc1ccc2ccccc2c1. The highest BCUT2D eigenvalue weighted by molar-refractivity contribution is 8.13. The zero-order chi connectivity index (χ0) is 12.1. The molecule has 0 saturated heterocycles. The maximum absolute atomic E-state index is 7.67. The Morgan fingerprint density at radius 3 is 2.71 bits per heavy atom. The zero-order valence-corrected chi connectivity index (χ0v) is 11.0. The molecule has 0 aliphatic rings. The Labute approximate surface area is 111 Å². The van der Waals surface area contributed by atoms with E-state index in [-0.39, 0.29) is 0 Å². The van der Waals surface area contributed by atoms with Gasteiger partial charge in [0, 0.05) is 12.2 Å². The summed E-state index contributed by atoms with van der Waals surface area (Å²) in [6.45, 7) is 0. The van der Waals surface area contributed by atoms with Gasteiger partial charge in [-0.05, 0) is 21.7 Å². The third kappa shape index (κ3) is 3.38. The van der Waals surface area contributed by atoms with E-state index in [2.05, 4.69) is 30.3 Å². The van der Waals surface area contributed by atoms with Crippen molar-refractivity contribution in [1.29, 1.82) is 5.41 Å². The molecule has 1 nitrogen and oxygen atoms in total. The number of fused-ring (bicyclic) bond motifs is 1. The van der Waals surface area contributed by atoms with Crippen LogP contribution >= 0.6 is 24.0 Å². The number of thioether (sulfide) groups is 1. The molecule has 2 aromatic carbocycles. The third-order valence-corrected chi connectivity index (χ3v) is 3.66. The van der Waals surface area contributed by atoms with Gasteiger partial charge in [0.1, 0.15) is 0 Å². The smallest absolute Gasteiger partial charge is 0.0691 e. The fourth-order valence-corrected chi connectivity index (χ4v) is 2.63. The van der Waals surface area contributed by atoms with Crippen LogP contribution in [0.2, 0.25) is 0 Å². The second kappa shape index (κ2) is 5.94. The maximum Gasteiger partial charge on any atom is 0.0691 e. The van der Waals surface area contributed by atoms with Gasteiger partial charge in [0.15, 0.2) is 0 Å². The van der Waals surface area contributed by atoms with Gasteiger partial charge in [0.05, 0.1) is 5.04 Å². The van der Waals surface area contributed by atoms with Gasteiger partial charge in [-0.15, -0.1) is 11.8 Å². The van der Waals surface area contributed by atoms with Gasteiger partial charge in [0.2, 0.25) is 0 Å². The van der Waals surface area contributed by atoms with Crippen LogP contribution in [0.5, 0.6) is 0 Å². The number of nitrogens with one attached hydrogen (secondary N) is 1. The van der Waals surface area contributed by atoms with Crippen molar-refractivity contribution in [3.63, 3.8) is 0 Å². The molecule has 1 N–H and O–H groups in total. The molecule has 2 rings (SSSR count). The second-order valence-corrected chi connectivity index (χ2v) is 5.17. The molecule has 0 aliphatic carbocycles. The number of rotatable bonds is 4. The van der Waals surface area contributed by atoms with Gasteiger partial charge in [-0.2, -0.15) is 0 Å². The van der Waals surface area contributed by atoms with E-state index < -0.39 is 0 Å². The Morgan fingerprint density at radius 1 is 1.18 bits per heavy atom. The summed E-state index contributed by atoms with van der Waals surface area (Å²) in [6.07, 6.45) is 0.591. The van der Waals surface area contributed by atoms with Crippen molar-refractivity contribution in [2.75, 3.05) is 0 Å². The summed E-state index contributed by atoms with van der Waals surface area (Å²) < 4.78 is 0. The largest absolute Gasteiger partial charge is 0.298 e. The number of thiocarbonyl (C=S) groups is 1. The lowest BCUT2D eigenvalue weighted by Crippen LogP contribution is -1.91. The van der Waals surface area contributed by atoms with Crippen LogP contribution < -0.4 is 0 Å². The first-order valence-electron chi connectivity index (χ1n) is 5.41. The van der Waals surface area contributed by atoms with Crippen LogP contribution in [0.15, 0.2) is 42.5 Å². The van der Waals surface area contributed by atoms with Gasteiger partial charge >= 0.3 is 0 Å². The highest BCUT2D eigenvalue weighted by Gasteiger charge is 1.99. The van der Waals surface area contributed by atoms with Crippen LogP contribution in [0.3, 0.4) is 0 Å². The lowest BCUT2D eigenvalue weighted by Gasteiger charge is -2.03. The third-order valence-electron chi connectivity index (χ3n) is 2.50. The summed E-state index contributed by atoms with van der Waals surface area (Å²) in [6, 6.07) is 14.8. The molecule has 3 heteroatoms. The van der Waals surface area contributed by atoms with Crippen LogP contribution in [0.1, 0.15) is 12.0 Å². The van der Waals surface area contributed by atoms with E-state index >= 15 is 0 Å². The standard InChI is InChI=1S/C14H13NS2/c15-14(7-8-16)17-10-11-5-6-12-3-1-2-4-13(12)9-11/h1-6,8-9,15H,7,10H2. The molecule has 0 amide bonds. The Bertz CT molecular complexity index is 549. The molecule has 2 aromatic rings. The van der Waals surface area contributed by atoms with Crippen molar-refractivity contribution < 1.29 is 0 Å². The van der Waals surface area contributed by atoms with Crippen LogP contribution in [-0.4, -0.2) is 10.4 Å². The lowest BCUT2D eigenvalue weighted by molar-refractivity contribution is 1.43. The van der Waals surface area contributed by atoms with Crippen molar-refractivity contribution >= 4 is 45.2 Å². The van der Waals surface area contributed by atoms with Crippen molar-refractivity contribution in [3.8, 4) is 0 Å². The molecule has 86 valence electrons. The molecule has 0 heterocycles. The Hall–Kier alpha value is -1.19. The molecule has 17 heavy (non-hydrogen) atoms. The second-order valence-electron chi connectivity index (χ2n) is 3.76. The van der Waals surface area contributed by atoms with E-state index in [1.54, 1.807) is 17.1 Å². The maximum atomic E-state index is 7.67. The first kappa shape index (κ1) is 12.3. The summed E-state index contributed by atoms with van der Waals surface area (Å²) in [5.74, 6) is 0.840. The Balaban J connectivity index is 2.09. The van der Waals surface area contributed by atoms with Crippen molar-refractivity contribution in [3.05, 3.63) is 48.0 Å². The minimum absolute atomic E-state index is 0.591. The van der Waals surface area contributed by atoms with Crippen LogP contribution in [0, 0.1) is 5.41 Å². The molecule has 0 radical (unpaired) electrons. The zero-order valence-electron chi connectivity index (χ0n) is 9.35. The Morgan fingerprint density at radius 2 is 1.94 bits per heavy atom. The summed E-state index contributed by atoms with van der Waals surface area (Å²) in [5, 5.41) is 12.4. The molecule has 0 saturated carbocycles. The quantitative estimate of drug-likeness (QED) is 0.498. The summed E-state index contributed by atoms with van der Waals surface area (Å²) in [4.78, 5) is 0. The van der Waals surface area contributed by atoms with Crippen LogP contribution in [0.4, 0.5) is 0 Å². The fourth-order valence-electron chi connectivity index (χ4n) is 1.63. The summed E-state index contributed by atoms with van der Waals surface area (Å²) in [5.41, 5.74) is 1.25.